The largest absolute Gasteiger partial charge is 0.304 e. The van der Waals surface area contributed by atoms with Crippen LogP contribution in [0.3, 0.4) is 0 Å². The third kappa shape index (κ3) is 3.78. The molecule has 0 bridgehead atoms. The van der Waals surface area contributed by atoms with E-state index in [9.17, 15) is 9.18 Å². The summed E-state index contributed by atoms with van der Waals surface area (Å²) in [5.74, 6) is -0.690. The minimum atomic E-state index is -0.464. The molecule has 0 unspecified atom stereocenters. The van der Waals surface area contributed by atoms with Gasteiger partial charge in [-0.25, -0.2) is 4.39 Å². The van der Waals surface area contributed by atoms with E-state index in [1.54, 1.807) is 13.0 Å². The number of nitrogens with zero attached hydrogens (tertiary/aromatic N) is 2. The van der Waals surface area contributed by atoms with E-state index in [0.29, 0.717) is 12.1 Å². The van der Waals surface area contributed by atoms with E-state index in [2.05, 4.69) is 16.8 Å². The molecule has 1 heterocycles. The molecule has 3 nitrogen and oxygen atoms in total. The Bertz CT molecular complexity index is 487. The number of carbonyl (C=O) groups excluding carboxylic acids is 1. The summed E-state index contributed by atoms with van der Waals surface area (Å²) >= 11 is 5.70. The first-order chi connectivity index (χ1) is 9.47. The van der Waals surface area contributed by atoms with Gasteiger partial charge in [0.25, 0.3) is 0 Å². The Balaban J connectivity index is 2.10. The van der Waals surface area contributed by atoms with Gasteiger partial charge in [0.1, 0.15) is 11.6 Å². The molecule has 0 radical (unpaired) electrons. The van der Waals surface area contributed by atoms with Gasteiger partial charge in [0, 0.05) is 32.7 Å². The maximum atomic E-state index is 13.6. The number of hydrogen-bond acceptors (Lipinski definition) is 3. The molecule has 1 aliphatic rings. The average Bonchev–Trinajstić information content (AvgIpc) is 2.41. The van der Waals surface area contributed by atoms with Crippen LogP contribution >= 0.6 is 11.6 Å². The van der Waals surface area contributed by atoms with Crippen LogP contribution < -0.4 is 0 Å². The highest BCUT2D eigenvalue weighted by Gasteiger charge is 2.23. The maximum Gasteiger partial charge on any atom is 0.142 e. The number of rotatable bonds is 4. The number of halogens is 2. The first-order valence-corrected chi connectivity index (χ1v) is 7.21. The molecular formula is C15H20ClFN2O. The van der Waals surface area contributed by atoms with Crippen LogP contribution in [-0.4, -0.2) is 55.4 Å². The fourth-order valence-electron chi connectivity index (χ4n) is 2.49. The SMILES string of the molecule is CC(=O)[C@@H](CN1CCN(C)CC1)c1ccc(Cl)c(F)c1. The molecule has 1 aromatic rings. The van der Waals surface area contributed by atoms with Gasteiger partial charge in [-0.15, -0.1) is 0 Å². The second-order valence-corrected chi connectivity index (χ2v) is 5.85. The van der Waals surface area contributed by atoms with E-state index in [1.165, 1.54) is 12.1 Å². The van der Waals surface area contributed by atoms with Gasteiger partial charge >= 0.3 is 0 Å². The van der Waals surface area contributed by atoms with Gasteiger partial charge in [-0.3, -0.25) is 9.69 Å². The molecule has 0 aromatic heterocycles. The van der Waals surface area contributed by atoms with Crippen molar-refractivity contribution in [2.24, 2.45) is 0 Å². The molecule has 1 aliphatic heterocycles. The summed E-state index contributed by atoms with van der Waals surface area (Å²) in [5.41, 5.74) is 0.707. The monoisotopic (exact) mass is 298 g/mol. The van der Waals surface area contributed by atoms with Gasteiger partial charge in [-0.1, -0.05) is 17.7 Å². The molecule has 1 fully saturated rings. The van der Waals surface area contributed by atoms with E-state index < -0.39 is 5.82 Å². The summed E-state index contributed by atoms with van der Waals surface area (Å²) in [5, 5.41) is 0.0932. The van der Waals surface area contributed by atoms with Gasteiger partial charge < -0.3 is 4.90 Å². The van der Waals surface area contributed by atoms with Crippen LogP contribution in [0.15, 0.2) is 18.2 Å². The highest BCUT2D eigenvalue weighted by atomic mass is 35.5. The normalized spacial score (nSPS) is 19.0. The lowest BCUT2D eigenvalue weighted by molar-refractivity contribution is -0.119. The Morgan fingerprint density at radius 1 is 1.35 bits per heavy atom. The molecule has 0 amide bonds. The first-order valence-electron chi connectivity index (χ1n) is 6.83. The second-order valence-electron chi connectivity index (χ2n) is 5.44. The molecule has 0 spiro atoms. The number of carbonyl (C=O) groups is 1. The number of likely N-dealkylation sites (N-methyl/N-ethyl adjacent to an activating group) is 1. The van der Waals surface area contributed by atoms with Crippen LogP contribution in [0, 0.1) is 5.82 Å². The van der Waals surface area contributed by atoms with E-state index in [1.807, 2.05) is 0 Å². The molecular weight excluding hydrogens is 279 g/mol. The number of hydrogen-bond donors (Lipinski definition) is 0. The average molecular weight is 299 g/mol. The van der Waals surface area contributed by atoms with Crippen molar-refractivity contribution in [3.8, 4) is 0 Å². The molecule has 0 aliphatic carbocycles. The van der Waals surface area contributed by atoms with Crippen molar-refractivity contribution in [1.82, 2.24) is 9.80 Å². The maximum absolute atomic E-state index is 13.6. The molecule has 20 heavy (non-hydrogen) atoms. The number of Topliss-reactive ketones (excluding diaryl/α,β-unsaturated/α-hetero) is 1. The molecule has 110 valence electrons. The van der Waals surface area contributed by atoms with Crippen molar-refractivity contribution >= 4 is 17.4 Å². The van der Waals surface area contributed by atoms with Crippen molar-refractivity contribution < 1.29 is 9.18 Å². The van der Waals surface area contributed by atoms with Gasteiger partial charge in [-0.2, -0.15) is 0 Å². The Morgan fingerprint density at radius 2 is 2.00 bits per heavy atom. The van der Waals surface area contributed by atoms with Gasteiger partial charge in [0.15, 0.2) is 0 Å². The third-order valence-corrected chi connectivity index (χ3v) is 4.18. The number of benzene rings is 1. The first kappa shape index (κ1) is 15.4. The predicted octanol–water partition coefficient (Wildman–Crippen LogP) is 2.40. The van der Waals surface area contributed by atoms with Crippen LogP contribution in [0.4, 0.5) is 4.39 Å². The molecule has 1 atom stereocenters. The molecule has 5 heteroatoms. The fourth-order valence-corrected chi connectivity index (χ4v) is 2.60. The molecule has 2 rings (SSSR count). The summed E-state index contributed by atoms with van der Waals surface area (Å²) in [4.78, 5) is 16.4. The number of piperazine rings is 1. The topological polar surface area (TPSA) is 23.6 Å². The van der Waals surface area contributed by atoms with Crippen LogP contribution in [0.1, 0.15) is 18.4 Å². The highest BCUT2D eigenvalue weighted by Crippen LogP contribution is 2.23. The lowest BCUT2D eigenvalue weighted by Crippen LogP contribution is -2.46. The molecule has 0 saturated carbocycles. The Labute approximate surface area is 124 Å². The van der Waals surface area contributed by atoms with E-state index in [4.69, 9.17) is 11.6 Å². The summed E-state index contributed by atoms with van der Waals surface area (Å²) < 4.78 is 13.6. The van der Waals surface area contributed by atoms with Crippen molar-refractivity contribution in [2.45, 2.75) is 12.8 Å². The number of ketones is 1. The standard InChI is InChI=1S/C15H20ClFN2O/c1-11(20)13(10-19-7-5-18(2)6-8-19)12-3-4-14(16)15(17)9-12/h3-4,9,13H,5-8,10H2,1-2H3/t13-/m1/s1. The van der Waals surface area contributed by atoms with Crippen LogP contribution in [-0.2, 0) is 4.79 Å². The zero-order chi connectivity index (χ0) is 14.7. The lowest BCUT2D eigenvalue weighted by Gasteiger charge is -2.34. The summed E-state index contributed by atoms with van der Waals surface area (Å²) in [6.45, 7) is 6.09. The van der Waals surface area contributed by atoms with Crippen molar-refractivity contribution in [3.05, 3.63) is 34.6 Å². The van der Waals surface area contributed by atoms with Crippen molar-refractivity contribution in [1.29, 1.82) is 0 Å². The Morgan fingerprint density at radius 3 is 2.55 bits per heavy atom. The third-order valence-electron chi connectivity index (χ3n) is 3.87. The molecule has 1 saturated heterocycles. The van der Waals surface area contributed by atoms with Gasteiger partial charge in [0.2, 0.25) is 0 Å². The van der Waals surface area contributed by atoms with Crippen molar-refractivity contribution in [2.75, 3.05) is 39.8 Å². The minimum absolute atomic E-state index is 0.0608. The zero-order valence-corrected chi connectivity index (χ0v) is 12.7. The van der Waals surface area contributed by atoms with Crippen LogP contribution in [0.2, 0.25) is 5.02 Å². The van der Waals surface area contributed by atoms with E-state index >= 15 is 0 Å². The van der Waals surface area contributed by atoms with Gasteiger partial charge in [0.05, 0.1) is 10.9 Å². The fraction of sp³-hybridized carbons (Fsp3) is 0.533. The van der Waals surface area contributed by atoms with Gasteiger partial charge in [-0.05, 0) is 31.7 Å². The second kappa shape index (κ2) is 6.66. The summed E-state index contributed by atoms with van der Waals surface area (Å²) in [6.07, 6.45) is 0. The summed E-state index contributed by atoms with van der Waals surface area (Å²) in [6, 6.07) is 4.64. The van der Waals surface area contributed by atoms with Crippen molar-refractivity contribution in [3.63, 3.8) is 0 Å². The highest BCUT2D eigenvalue weighted by molar-refractivity contribution is 6.30. The Kier molecular flexibility index (Phi) is 5.13. The smallest absolute Gasteiger partial charge is 0.142 e. The lowest BCUT2D eigenvalue weighted by atomic mass is 9.94. The van der Waals surface area contributed by atoms with E-state index in [0.717, 1.165) is 26.2 Å². The predicted molar refractivity (Wildman–Crippen MR) is 78.8 cm³/mol. The Hall–Kier alpha value is -0.970. The van der Waals surface area contributed by atoms with E-state index in [-0.39, 0.29) is 16.7 Å². The van der Waals surface area contributed by atoms with Crippen LogP contribution in [0.5, 0.6) is 0 Å². The minimum Gasteiger partial charge on any atom is -0.304 e. The van der Waals surface area contributed by atoms with Crippen LogP contribution in [0.25, 0.3) is 0 Å². The summed E-state index contributed by atoms with van der Waals surface area (Å²) in [7, 11) is 2.09. The zero-order valence-electron chi connectivity index (χ0n) is 11.9. The molecule has 1 aromatic carbocycles. The molecule has 0 N–H and O–H groups in total. The quantitative estimate of drug-likeness (QED) is 0.853.